The minimum absolute atomic E-state index is 0.0319. The third kappa shape index (κ3) is 1.80. The molecule has 0 aromatic carbocycles. The molecule has 0 spiro atoms. The van der Waals surface area contributed by atoms with Crippen molar-refractivity contribution in [1.29, 1.82) is 0 Å². The van der Waals surface area contributed by atoms with Crippen molar-refractivity contribution in [3.8, 4) is 0 Å². The van der Waals surface area contributed by atoms with Crippen molar-refractivity contribution >= 4 is 5.97 Å². The summed E-state index contributed by atoms with van der Waals surface area (Å²) in [6, 6.07) is 1.90. The highest BCUT2D eigenvalue weighted by Crippen LogP contribution is 2.60. The first-order valence-electron chi connectivity index (χ1n) is 7.31. The Labute approximate surface area is 112 Å². The zero-order valence-electron chi connectivity index (χ0n) is 11.0. The number of aromatic nitrogens is 1. The molecule has 4 aliphatic carbocycles. The van der Waals surface area contributed by atoms with E-state index in [2.05, 4.69) is 5.16 Å². The smallest absolute Gasteiger partial charge is 0.309 e. The third-order valence-corrected chi connectivity index (χ3v) is 5.45. The summed E-state index contributed by atoms with van der Waals surface area (Å²) >= 11 is 0. The van der Waals surface area contributed by atoms with Crippen LogP contribution in [0, 0.1) is 17.8 Å². The third-order valence-electron chi connectivity index (χ3n) is 5.45. The van der Waals surface area contributed by atoms with Crippen LogP contribution in [0.1, 0.15) is 50.0 Å². The van der Waals surface area contributed by atoms with E-state index in [-0.39, 0.29) is 11.8 Å². The maximum Gasteiger partial charge on any atom is 0.309 e. The SMILES string of the molecule is O=C(O)Cc1cc(C23CC4CC(CC(C4)C2)C3)on1. The highest BCUT2D eigenvalue weighted by Gasteiger charge is 2.53. The van der Waals surface area contributed by atoms with Crippen LogP contribution in [0.25, 0.3) is 0 Å². The van der Waals surface area contributed by atoms with Gasteiger partial charge in [-0.3, -0.25) is 4.79 Å². The summed E-state index contributed by atoms with van der Waals surface area (Å²) in [6.07, 6.45) is 7.83. The number of hydrogen-bond acceptors (Lipinski definition) is 3. The minimum atomic E-state index is -0.842. The van der Waals surface area contributed by atoms with Gasteiger partial charge in [-0.15, -0.1) is 0 Å². The second kappa shape index (κ2) is 3.84. The first kappa shape index (κ1) is 11.5. The Morgan fingerprint density at radius 3 is 2.37 bits per heavy atom. The molecule has 0 radical (unpaired) electrons. The molecule has 4 heteroatoms. The Morgan fingerprint density at radius 1 is 1.26 bits per heavy atom. The van der Waals surface area contributed by atoms with Crippen LogP contribution in [0.4, 0.5) is 0 Å². The Bertz CT molecular complexity index is 484. The van der Waals surface area contributed by atoms with Gasteiger partial charge in [-0.1, -0.05) is 5.16 Å². The van der Waals surface area contributed by atoms with Gasteiger partial charge < -0.3 is 9.63 Å². The topological polar surface area (TPSA) is 63.3 Å². The number of carboxylic acids is 1. The predicted molar refractivity (Wildman–Crippen MR) is 67.7 cm³/mol. The zero-order valence-corrected chi connectivity index (χ0v) is 11.0. The summed E-state index contributed by atoms with van der Waals surface area (Å²) in [5.41, 5.74) is 0.747. The number of carboxylic acid groups (broad SMARTS) is 1. The molecule has 0 atom stereocenters. The van der Waals surface area contributed by atoms with Gasteiger partial charge in [-0.25, -0.2) is 0 Å². The molecule has 4 saturated carbocycles. The van der Waals surface area contributed by atoms with Crippen molar-refractivity contribution in [3.05, 3.63) is 17.5 Å². The molecule has 19 heavy (non-hydrogen) atoms. The van der Waals surface area contributed by atoms with Crippen LogP contribution in [0.5, 0.6) is 0 Å². The molecule has 4 bridgehead atoms. The second-order valence-electron chi connectivity index (χ2n) is 6.95. The van der Waals surface area contributed by atoms with Gasteiger partial charge in [0.15, 0.2) is 0 Å². The number of aliphatic carboxylic acids is 1. The summed E-state index contributed by atoms with van der Waals surface area (Å²) in [5.74, 6) is 2.70. The predicted octanol–water partition coefficient (Wildman–Crippen LogP) is 2.77. The Morgan fingerprint density at radius 2 is 1.84 bits per heavy atom. The normalized spacial score (nSPS) is 39.7. The van der Waals surface area contributed by atoms with Gasteiger partial charge in [0.25, 0.3) is 0 Å². The van der Waals surface area contributed by atoms with Gasteiger partial charge in [-0.05, 0) is 56.3 Å². The fraction of sp³-hybridized carbons (Fsp3) is 0.733. The molecule has 4 aliphatic rings. The van der Waals surface area contributed by atoms with E-state index < -0.39 is 5.97 Å². The van der Waals surface area contributed by atoms with E-state index in [4.69, 9.17) is 9.63 Å². The lowest BCUT2D eigenvalue weighted by Gasteiger charge is -2.55. The maximum absolute atomic E-state index is 10.7. The summed E-state index contributed by atoms with van der Waals surface area (Å²) in [4.78, 5) is 10.7. The van der Waals surface area contributed by atoms with Gasteiger partial charge in [0.05, 0.1) is 12.1 Å². The van der Waals surface area contributed by atoms with Crippen molar-refractivity contribution in [2.24, 2.45) is 17.8 Å². The van der Waals surface area contributed by atoms with Crippen molar-refractivity contribution in [2.75, 3.05) is 0 Å². The molecule has 1 N–H and O–H groups in total. The molecule has 1 aromatic heterocycles. The standard InChI is InChI=1S/C15H19NO3/c17-14(18)5-12-4-13(19-16-12)15-6-9-1-10(7-15)3-11(2-9)8-15/h4,9-11H,1-3,5-8H2,(H,17,18). The van der Waals surface area contributed by atoms with Gasteiger partial charge in [-0.2, -0.15) is 0 Å². The molecule has 0 aliphatic heterocycles. The van der Waals surface area contributed by atoms with Crippen LogP contribution in [0.3, 0.4) is 0 Å². The lowest BCUT2D eigenvalue weighted by molar-refractivity contribution is -0.136. The number of nitrogens with zero attached hydrogens (tertiary/aromatic N) is 1. The molecular formula is C15H19NO3. The van der Waals surface area contributed by atoms with Crippen LogP contribution in [0.2, 0.25) is 0 Å². The van der Waals surface area contributed by atoms with E-state index in [1.165, 1.54) is 38.5 Å². The lowest BCUT2D eigenvalue weighted by Crippen LogP contribution is -2.48. The van der Waals surface area contributed by atoms with Gasteiger partial charge in [0.2, 0.25) is 0 Å². The largest absolute Gasteiger partial charge is 0.481 e. The Balaban J connectivity index is 1.64. The molecule has 1 aromatic rings. The fourth-order valence-corrected chi connectivity index (χ4v) is 5.21. The van der Waals surface area contributed by atoms with E-state index in [1.54, 1.807) is 0 Å². The van der Waals surface area contributed by atoms with E-state index in [0.29, 0.717) is 5.69 Å². The van der Waals surface area contributed by atoms with Crippen LogP contribution in [-0.2, 0) is 16.6 Å². The number of carbonyl (C=O) groups is 1. The van der Waals surface area contributed by atoms with Crippen molar-refractivity contribution < 1.29 is 14.4 Å². The van der Waals surface area contributed by atoms with Gasteiger partial charge in [0, 0.05) is 11.5 Å². The molecule has 102 valence electrons. The molecule has 5 rings (SSSR count). The van der Waals surface area contributed by atoms with Crippen molar-refractivity contribution in [3.63, 3.8) is 0 Å². The lowest BCUT2D eigenvalue weighted by atomic mass is 9.49. The minimum Gasteiger partial charge on any atom is -0.481 e. The highest BCUT2D eigenvalue weighted by molar-refractivity contribution is 5.69. The Hall–Kier alpha value is -1.32. The molecule has 1 heterocycles. The van der Waals surface area contributed by atoms with Crippen molar-refractivity contribution in [1.82, 2.24) is 5.16 Å². The average molecular weight is 261 g/mol. The van der Waals surface area contributed by atoms with Gasteiger partial charge >= 0.3 is 5.97 Å². The van der Waals surface area contributed by atoms with Crippen LogP contribution in [0.15, 0.2) is 10.6 Å². The molecule has 0 unspecified atom stereocenters. The highest BCUT2D eigenvalue weighted by atomic mass is 16.5. The van der Waals surface area contributed by atoms with E-state index in [1.807, 2.05) is 6.07 Å². The summed E-state index contributed by atoms with van der Waals surface area (Å²) in [5, 5.41) is 12.8. The first-order valence-corrected chi connectivity index (χ1v) is 7.31. The maximum atomic E-state index is 10.7. The quantitative estimate of drug-likeness (QED) is 0.908. The summed E-state index contributed by atoms with van der Waals surface area (Å²) < 4.78 is 5.54. The summed E-state index contributed by atoms with van der Waals surface area (Å²) in [7, 11) is 0. The monoisotopic (exact) mass is 261 g/mol. The molecule has 4 fully saturated rings. The average Bonchev–Trinajstić information content (AvgIpc) is 2.75. The van der Waals surface area contributed by atoms with Gasteiger partial charge in [0.1, 0.15) is 5.76 Å². The molecular weight excluding hydrogens is 242 g/mol. The molecule has 4 nitrogen and oxygen atoms in total. The van der Waals surface area contributed by atoms with Crippen LogP contribution < -0.4 is 0 Å². The van der Waals surface area contributed by atoms with Crippen LogP contribution in [-0.4, -0.2) is 16.2 Å². The Kier molecular flexibility index (Phi) is 2.32. The number of hydrogen-bond donors (Lipinski definition) is 1. The zero-order chi connectivity index (χ0) is 13.0. The fourth-order valence-electron chi connectivity index (χ4n) is 5.21. The van der Waals surface area contributed by atoms with E-state index in [0.717, 1.165) is 23.5 Å². The van der Waals surface area contributed by atoms with E-state index >= 15 is 0 Å². The molecule has 0 amide bonds. The van der Waals surface area contributed by atoms with Crippen molar-refractivity contribution in [2.45, 2.75) is 50.4 Å². The number of rotatable bonds is 3. The second-order valence-corrected chi connectivity index (χ2v) is 6.95. The summed E-state index contributed by atoms with van der Waals surface area (Å²) in [6.45, 7) is 0. The molecule has 0 saturated heterocycles. The first-order chi connectivity index (χ1) is 9.13. The van der Waals surface area contributed by atoms with Crippen LogP contribution >= 0.6 is 0 Å². The van der Waals surface area contributed by atoms with E-state index in [9.17, 15) is 4.79 Å².